The molecule has 4 nitrogen and oxygen atoms in total. The van der Waals surface area contributed by atoms with Crippen LogP contribution in [-0.2, 0) is 0 Å². The van der Waals surface area contributed by atoms with Crippen LogP contribution in [0, 0.1) is 6.92 Å². The third kappa shape index (κ3) is 2.12. The van der Waals surface area contributed by atoms with Crippen LogP contribution < -0.4 is 5.32 Å². The summed E-state index contributed by atoms with van der Waals surface area (Å²) in [4.78, 5) is 14.4. The van der Waals surface area contributed by atoms with Gasteiger partial charge in [0, 0.05) is 36.6 Å². The zero-order chi connectivity index (χ0) is 13.4. The normalized spacial score (nSPS) is 19.9. The minimum atomic E-state index is 0.00190. The van der Waals surface area contributed by atoms with E-state index in [1.807, 2.05) is 36.1 Å². The van der Waals surface area contributed by atoms with Crippen molar-refractivity contribution in [2.45, 2.75) is 19.9 Å². The minimum absolute atomic E-state index is 0.00190. The first kappa shape index (κ1) is 12.2. The van der Waals surface area contributed by atoms with E-state index in [0.29, 0.717) is 11.8 Å². The number of aryl methyl sites for hydroxylation is 1. The van der Waals surface area contributed by atoms with Gasteiger partial charge >= 0.3 is 0 Å². The Bertz CT molecular complexity index is 618. The van der Waals surface area contributed by atoms with Gasteiger partial charge in [-0.05, 0) is 19.9 Å². The Hall–Kier alpha value is -1.81. The number of amides is 1. The molecular weight excluding hydrogens is 240 g/mol. The van der Waals surface area contributed by atoms with Gasteiger partial charge in [0.25, 0.3) is 5.91 Å². The van der Waals surface area contributed by atoms with Crippen LogP contribution in [0.4, 0.5) is 0 Å². The predicted molar refractivity (Wildman–Crippen MR) is 74.3 cm³/mol. The zero-order valence-electron chi connectivity index (χ0n) is 11.3. The molecule has 1 fully saturated rings. The summed E-state index contributed by atoms with van der Waals surface area (Å²) >= 11 is 0. The van der Waals surface area contributed by atoms with Crippen LogP contribution in [0.25, 0.3) is 11.0 Å². The summed E-state index contributed by atoms with van der Waals surface area (Å²) in [5, 5.41) is 4.36. The highest BCUT2D eigenvalue weighted by molar-refractivity contribution is 5.99. The van der Waals surface area contributed by atoms with E-state index in [0.717, 1.165) is 36.2 Å². The van der Waals surface area contributed by atoms with Crippen LogP contribution in [0.1, 0.15) is 23.0 Å². The molecule has 0 spiro atoms. The fourth-order valence-corrected chi connectivity index (χ4v) is 2.64. The van der Waals surface area contributed by atoms with Crippen LogP contribution in [0.2, 0.25) is 0 Å². The van der Waals surface area contributed by atoms with E-state index in [-0.39, 0.29) is 5.91 Å². The largest absolute Gasteiger partial charge is 0.451 e. The molecule has 3 rings (SSSR count). The Balaban J connectivity index is 1.95. The maximum atomic E-state index is 12.5. The van der Waals surface area contributed by atoms with Crippen molar-refractivity contribution in [3.05, 3.63) is 35.6 Å². The number of carbonyl (C=O) groups is 1. The Morgan fingerprint density at radius 1 is 1.42 bits per heavy atom. The average Bonchev–Trinajstić information content (AvgIpc) is 2.76. The molecule has 0 saturated carbocycles. The summed E-state index contributed by atoms with van der Waals surface area (Å²) in [5.74, 6) is 0.484. The number of para-hydroxylation sites is 1. The highest BCUT2D eigenvalue weighted by atomic mass is 16.3. The van der Waals surface area contributed by atoms with Crippen LogP contribution in [0.15, 0.2) is 28.7 Å². The van der Waals surface area contributed by atoms with E-state index >= 15 is 0 Å². The summed E-state index contributed by atoms with van der Waals surface area (Å²) in [6.07, 6.45) is 0. The molecule has 0 bridgehead atoms. The smallest absolute Gasteiger partial charge is 0.289 e. The third-order valence-corrected chi connectivity index (χ3v) is 3.69. The number of nitrogens with zero attached hydrogens (tertiary/aromatic N) is 1. The number of carbonyl (C=O) groups excluding carboxylic acids is 1. The van der Waals surface area contributed by atoms with E-state index in [1.54, 1.807) is 0 Å². The summed E-state index contributed by atoms with van der Waals surface area (Å²) in [6.45, 7) is 6.34. The Morgan fingerprint density at radius 3 is 2.95 bits per heavy atom. The van der Waals surface area contributed by atoms with Crippen molar-refractivity contribution in [1.82, 2.24) is 10.2 Å². The topological polar surface area (TPSA) is 45.5 Å². The lowest BCUT2D eigenvalue weighted by Crippen LogP contribution is -2.51. The molecule has 1 aromatic heterocycles. The molecule has 1 saturated heterocycles. The average molecular weight is 258 g/mol. The van der Waals surface area contributed by atoms with Gasteiger partial charge in [0.15, 0.2) is 5.76 Å². The van der Waals surface area contributed by atoms with Gasteiger partial charge in [-0.3, -0.25) is 4.79 Å². The van der Waals surface area contributed by atoms with E-state index in [9.17, 15) is 4.79 Å². The van der Waals surface area contributed by atoms with Crippen LogP contribution >= 0.6 is 0 Å². The number of nitrogens with one attached hydrogen (secondary N) is 1. The van der Waals surface area contributed by atoms with Crippen molar-refractivity contribution in [1.29, 1.82) is 0 Å². The summed E-state index contributed by atoms with van der Waals surface area (Å²) in [5.41, 5.74) is 1.72. The number of hydrogen-bond donors (Lipinski definition) is 1. The monoisotopic (exact) mass is 258 g/mol. The first-order valence-corrected chi connectivity index (χ1v) is 6.67. The van der Waals surface area contributed by atoms with Crippen molar-refractivity contribution in [3.63, 3.8) is 0 Å². The summed E-state index contributed by atoms with van der Waals surface area (Å²) in [7, 11) is 0. The van der Waals surface area contributed by atoms with Gasteiger partial charge in [0.2, 0.25) is 0 Å². The molecule has 1 aliphatic heterocycles. The first-order chi connectivity index (χ1) is 9.16. The van der Waals surface area contributed by atoms with Gasteiger partial charge in [0.1, 0.15) is 5.58 Å². The van der Waals surface area contributed by atoms with Crippen molar-refractivity contribution in [2.75, 3.05) is 19.6 Å². The maximum Gasteiger partial charge on any atom is 0.289 e. The van der Waals surface area contributed by atoms with Gasteiger partial charge in [-0.1, -0.05) is 18.2 Å². The van der Waals surface area contributed by atoms with E-state index in [4.69, 9.17) is 4.42 Å². The summed E-state index contributed by atoms with van der Waals surface area (Å²) < 4.78 is 5.74. The number of furan rings is 1. The molecule has 1 amide bonds. The van der Waals surface area contributed by atoms with Gasteiger partial charge in [-0.25, -0.2) is 0 Å². The lowest BCUT2D eigenvalue weighted by Gasteiger charge is -2.31. The lowest BCUT2D eigenvalue weighted by atomic mass is 10.1. The van der Waals surface area contributed by atoms with Gasteiger partial charge < -0.3 is 14.6 Å². The number of piperazine rings is 1. The minimum Gasteiger partial charge on any atom is -0.451 e. The van der Waals surface area contributed by atoms with E-state index < -0.39 is 0 Å². The number of rotatable bonds is 1. The molecule has 1 N–H and O–H groups in total. The zero-order valence-corrected chi connectivity index (χ0v) is 11.3. The second-order valence-electron chi connectivity index (χ2n) is 5.16. The van der Waals surface area contributed by atoms with Gasteiger partial charge in [-0.2, -0.15) is 0 Å². The Labute approximate surface area is 112 Å². The molecule has 0 aliphatic carbocycles. The predicted octanol–water partition coefficient (Wildman–Crippen LogP) is 2.18. The first-order valence-electron chi connectivity index (χ1n) is 6.67. The Morgan fingerprint density at radius 2 is 2.21 bits per heavy atom. The molecule has 2 heterocycles. The lowest BCUT2D eigenvalue weighted by molar-refractivity contribution is 0.0678. The molecule has 0 radical (unpaired) electrons. The number of benzene rings is 1. The molecule has 1 atom stereocenters. The van der Waals surface area contributed by atoms with Crippen LogP contribution in [-0.4, -0.2) is 36.5 Å². The van der Waals surface area contributed by atoms with E-state index in [1.165, 1.54) is 0 Å². The highest BCUT2D eigenvalue weighted by Crippen LogP contribution is 2.26. The third-order valence-electron chi connectivity index (χ3n) is 3.69. The van der Waals surface area contributed by atoms with Crippen LogP contribution in [0.5, 0.6) is 0 Å². The maximum absolute atomic E-state index is 12.5. The van der Waals surface area contributed by atoms with E-state index in [2.05, 4.69) is 12.2 Å². The number of fused-ring (bicyclic) bond motifs is 1. The molecule has 2 aromatic rings. The van der Waals surface area contributed by atoms with Crippen molar-refractivity contribution >= 4 is 16.9 Å². The second-order valence-corrected chi connectivity index (χ2v) is 5.16. The standard InChI is InChI=1S/C15H18N2O2/c1-10-9-17(8-7-16-10)15(18)14-11(2)12-5-3-4-6-13(12)19-14/h3-6,10,16H,7-9H2,1-2H3. The van der Waals surface area contributed by atoms with Crippen LogP contribution in [0.3, 0.4) is 0 Å². The van der Waals surface area contributed by atoms with Crippen molar-refractivity contribution in [3.8, 4) is 0 Å². The fourth-order valence-electron chi connectivity index (χ4n) is 2.64. The fraction of sp³-hybridized carbons (Fsp3) is 0.400. The van der Waals surface area contributed by atoms with Crippen molar-refractivity contribution < 1.29 is 9.21 Å². The number of hydrogen-bond acceptors (Lipinski definition) is 3. The molecule has 1 aliphatic rings. The molecule has 100 valence electrons. The molecule has 1 aromatic carbocycles. The molecular formula is C15H18N2O2. The Kier molecular flexibility index (Phi) is 3.03. The van der Waals surface area contributed by atoms with Gasteiger partial charge in [-0.15, -0.1) is 0 Å². The summed E-state index contributed by atoms with van der Waals surface area (Å²) in [6, 6.07) is 8.12. The molecule has 1 unspecified atom stereocenters. The quantitative estimate of drug-likeness (QED) is 0.852. The van der Waals surface area contributed by atoms with Gasteiger partial charge in [0.05, 0.1) is 0 Å². The highest BCUT2D eigenvalue weighted by Gasteiger charge is 2.26. The SMILES string of the molecule is Cc1c(C(=O)N2CCNC(C)C2)oc2ccccc12. The molecule has 19 heavy (non-hydrogen) atoms. The second kappa shape index (κ2) is 4.70. The van der Waals surface area contributed by atoms with Crippen molar-refractivity contribution in [2.24, 2.45) is 0 Å². The molecule has 4 heteroatoms.